The van der Waals surface area contributed by atoms with E-state index in [0.29, 0.717) is 19.4 Å². The lowest BCUT2D eigenvalue weighted by atomic mass is 10.1. The number of carbonyl (C=O) groups excluding carboxylic acids is 4. The fraction of sp³-hybridized carbons (Fsp3) is 0.407. The van der Waals surface area contributed by atoms with Crippen LogP contribution in [0, 0.1) is 0 Å². The Morgan fingerprint density at radius 1 is 0.865 bits per heavy atom. The van der Waals surface area contributed by atoms with E-state index in [1.807, 2.05) is 60.7 Å². The largest absolute Gasteiger partial charge is 0.460 e. The highest BCUT2D eigenvalue weighted by Gasteiger charge is 2.45. The number of esters is 1. The highest BCUT2D eigenvalue weighted by Crippen LogP contribution is 2.26. The number of benzene rings is 2. The first-order chi connectivity index (χ1) is 17.9. The summed E-state index contributed by atoms with van der Waals surface area (Å²) in [6.45, 7) is 0.149. The number of ether oxygens (including phenoxy) is 2. The molecule has 0 unspecified atom stereocenters. The summed E-state index contributed by atoms with van der Waals surface area (Å²) in [5, 5.41) is 12.7. The lowest BCUT2D eigenvalue weighted by Gasteiger charge is -2.30. The molecule has 2 heterocycles. The summed E-state index contributed by atoms with van der Waals surface area (Å²) in [5.41, 5.74) is 1.65. The van der Waals surface area contributed by atoms with E-state index in [0.717, 1.165) is 11.1 Å². The molecule has 2 aromatic rings. The zero-order valence-corrected chi connectivity index (χ0v) is 20.5. The van der Waals surface area contributed by atoms with Gasteiger partial charge in [-0.15, -0.1) is 0 Å². The topological polar surface area (TPSA) is 125 Å². The van der Waals surface area contributed by atoms with Gasteiger partial charge in [-0.1, -0.05) is 60.7 Å². The van der Waals surface area contributed by atoms with E-state index in [1.54, 1.807) is 0 Å². The lowest BCUT2D eigenvalue weighted by Crippen LogP contribution is -2.53. The molecular weight excluding hydrogens is 478 g/mol. The maximum Gasteiger partial charge on any atom is 0.410 e. The van der Waals surface area contributed by atoms with Crippen LogP contribution in [-0.2, 0) is 37.1 Å². The fourth-order valence-corrected chi connectivity index (χ4v) is 4.61. The van der Waals surface area contributed by atoms with Crippen molar-refractivity contribution >= 4 is 23.9 Å². The second-order valence-corrected chi connectivity index (χ2v) is 9.15. The third-order valence-corrected chi connectivity index (χ3v) is 6.49. The number of hydrogen-bond acceptors (Lipinski definition) is 7. The van der Waals surface area contributed by atoms with Gasteiger partial charge in [0.2, 0.25) is 11.8 Å². The zero-order valence-electron chi connectivity index (χ0n) is 20.5. The van der Waals surface area contributed by atoms with Crippen LogP contribution in [-0.4, -0.2) is 76.6 Å². The fourth-order valence-electron chi connectivity index (χ4n) is 4.61. The van der Waals surface area contributed by atoms with Crippen molar-refractivity contribution in [2.45, 2.75) is 50.7 Å². The highest BCUT2D eigenvalue weighted by atomic mass is 16.6. The SMILES string of the molecule is O=C(CNC(=O)[C@@H]1C[C@@H](O)CN1C(=O)[C@@H]1CCCN1C(=O)OCc1ccccc1)OCc1ccccc1. The van der Waals surface area contributed by atoms with Crippen LogP contribution in [0.1, 0.15) is 30.4 Å². The molecule has 2 saturated heterocycles. The number of hydrogen-bond donors (Lipinski definition) is 2. The molecule has 3 atom stereocenters. The molecule has 0 aliphatic carbocycles. The number of amides is 3. The molecule has 3 amide bonds. The van der Waals surface area contributed by atoms with Gasteiger partial charge in [0.1, 0.15) is 31.8 Å². The van der Waals surface area contributed by atoms with E-state index in [2.05, 4.69) is 5.32 Å². The lowest BCUT2D eigenvalue weighted by molar-refractivity contribution is -0.146. The van der Waals surface area contributed by atoms with Gasteiger partial charge in [-0.3, -0.25) is 19.3 Å². The van der Waals surface area contributed by atoms with Crippen molar-refractivity contribution in [1.29, 1.82) is 0 Å². The van der Waals surface area contributed by atoms with Gasteiger partial charge in [0.05, 0.1) is 6.10 Å². The van der Waals surface area contributed by atoms with Crippen molar-refractivity contribution < 1.29 is 33.8 Å². The second kappa shape index (κ2) is 12.4. The van der Waals surface area contributed by atoms with Gasteiger partial charge < -0.3 is 24.8 Å². The molecule has 2 aromatic carbocycles. The number of likely N-dealkylation sites (tertiary alicyclic amines) is 2. The maximum absolute atomic E-state index is 13.4. The van der Waals surface area contributed by atoms with Gasteiger partial charge in [0, 0.05) is 19.5 Å². The van der Waals surface area contributed by atoms with E-state index in [9.17, 15) is 24.3 Å². The molecule has 10 nitrogen and oxygen atoms in total. The maximum atomic E-state index is 13.4. The molecule has 0 bridgehead atoms. The van der Waals surface area contributed by atoms with Crippen LogP contribution >= 0.6 is 0 Å². The summed E-state index contributed by atoms with van der Waals surface area (Å²) in [4.78, 5) is 53.7. The van der Waals surface area contributed by atoms with E-state index >= 15 is 0 Å². The summed E-state index contributed by atoms with van der Waals surface area (Å²) in [6, 6.07) is 16.7. The third kappa shape index (κ3) is 6.85. The molecule has 0 spiro atoms. The minimum atomic E-state index is -0.952. The first kappa shape index (κ1) is 26.2. The molecule has 37 heavy (non-hydrogen) atoms. The quantitative estimate of drug-likeness (QED) is 0.518. The van der Waals surface area contributed by atoms with E-state index in [1.165, 1.54) is 9.80 Å². The first-order valence-corrected chi connectivity index (χ1v) is 12.4. The minimum Gasteiger partial charge on any atom is -0.460 e. The Labute approximate surface area is 215 Å². The van der Waals surface area contributed by atoms with Crippen LogP contribution in [0.2, 0.25) is 0 Å². The number of β-amino-alcohol motifs (C(OH)–C–C–N with tert-alkyl or cyclic N) is 1. The summed E-state index contributed by atoms with van der Waals surface area (Å²) in [7, 11) is 0. The normalized spacial score (nSPS) is 20.9. The molecule has 0 aromatic heterocycles. The average Bonchev–Trinajstić information content (AvgIpc) is 3.57. The summed E-state index contributed by atoms with van der Waals surface area (Å²) in [5.74, 6) is -1.59. The average molecular weight is 510 g/mol. The Bertz CT molecular complexity index is 1100. The smallest absolute Gasteiger partial charge is 0.410 e. The van der Waals surface area contributed by atoms with Crippen molar-refractivity contribution in [3.8, 4) is 0 Å². The zero-order chi connectivity index (χ0) is 26.2. The van der Waals surface area contributed by atoms with Crippen molar-refractivity contribution in [3.05, 3.63) is 71.8 Å². The van der Waals surface area contributed by atoms with Crippen LogP contribution in [0.15, 0.2) is 60.7 Å². The Morgan fingerprint density at radius 3 is 2.14 bits per heavy atom. The molecular formula is C27H31N3O7. The summed E-state index contributed by atoms with van der Waals surface area (Å²) >= 11 is 0. The molecule has 0 radical (unpaired) electrons. The summed E-state index contributed by atoms with van der Waals surface area (Å²) < 4.78 is 10.6. The van der Waals surface area contributed by atoms with Gasteiger partial charge in [-0.2, -0.15) is 0 Å². The van der Waals surface area contributed by atoms with Crippen molar-refractivity contribution in [2.75, 3.05) is 19.6 Å². The van der Waals surface area contributed by atoms with Crippen molar-refractivity contribution in [2.24, 2.45) is 0 Å². The van der Waals surface area contributed by atoms with Gasteiger partial charge in [0.15, 0.2) is 0 Å². The predicted molar refractivity (Wildman–Crippen MR) is 132 cm³/mol. The molecule has 2 aliphatic heterocycles. The first-order valence-electron chi connectivity index (χ1n) is 12.4. The molecule has 2 aliphatic rings. The van der Waals surface area contributed by atoms with Gasteiger partial charge in [0.25, 0.3) is 0 Å². The second-order valence-electron chi connectivity index (χ2n) is 9.15. The van der Waals surface area contributed by atoms with Crippen LogP contribution in [0.4, 0.5) is 4.79 Å². The Hall–Kier alpha value is -3.92. The van der Waals surface area contributed by atoms with Gasteiger partial charge in [-0.25, -0.2) is 4.79 Å². The molecule has 0 saturated carbocycles. The Balaban J connectivity index is 1.30. The van der Waals surface area contributed by atoms with E-state index in [4.69, 9.17) is 9.47 Å². The number of nitrogens with one attached hydrogen (secondary N) is 1. The van der Waals surface area contributed by atoms with Crippen molar-refractivity contribution in [1.82, 2.24) is 15.1 Å². The van der Waals surface area contributed by atoms with Crippen LogP contribution in [0.5, 0.6) is 0 Å². The van der Waals surface area contributed by atoms with Crippen molar-refractivity contribution in [3.63, 3.8) is 0 Å². The van der Waals surface area contributed by atoms with Crippen LogP contribution < -0.4 is 5.32 Å². The monoisotopic (exact) mass is 509 g/mol. The molecule has 10 heteroatoms. The Morgan fingerprint density at radius 2 is 1.49 bits per heavy atom. The van der Waals surface area contributed by atoms with Gasteiger partial charge >= 0.3 is 12.1 Å². The number of nitrogens with zero attached hydrogens (tertiary/aromatic N) is 2. The van der Waals surface area contributed by atoms with Crippen LogP contribution in [0.3, 0.4) is 0 Å². The summed E-state index contributed by atoms with van der Waals surface area (Å²) in [6.07, 6.45) is -0.378. The predicted octanol–water partition coefficient (Wildman–Crippen LogP) is 1.61. The molecule has 2 N–H and O–H groups in total. The Kier molecular flexibility index (Phi) is 8.73. The number of rotatable bonds is 8. The molecule has 2 fully saturated rings. The minimum absolute atomic E-state index is 0.0290. The number of aliphatic hydroxyl groups excluding tert-OH is 1. The standard InChI is InChI=1S/C27H31N3O7/c31-21-14-23(25(33)28-15-24(32)36-17-19-8-3-1-4-9-19)30(16-21)26(34)22-12-7-13-29(22)27(35)37-18-20-10-5-2-6-11-20/h1-6,8-11,21-23,31H,7,12-18H2,(H,28,33)/t21-,22+,23+/m1/s1. The number of carbonyl (C=O) groups is 4. The van der Waals surface area contributed by atoms with E-state index < -0.39 is 42.1 Å². The number of aliphatic hydroxyl groups is 1. The third-order valence-electron chi connectivity index (χ3n) is 6.49. The molecule has 196 valence electrons. The van der Waals surface area contributed by atoms with E-state index in [-0.39, 0.29) is 32.7 Å². The highest BCUT2D eigenvalue weighted by molar-refractivity contribution is 5.93. The van der Waals surface area contributed by atoms with Crippen LogP contribution in [0.25, 0.3) is 0 Å². The molecule has 4 rings (SSSR count). The van der Waals surface area contributed by atoms with Gasteiger partial charge in [-0.05, 0) is 24.0 Å².